The monoisotopic (exact) mass is 427 g/mol. The molecule has 26 heavy (non-hydrogen) atoms. The number of aromatic nitrogens is 3. The van der Waals surface area contributed by atoms with E-state index in [9.17, 15) is 0 Å². The fourth-order valence-corrected chi connectivity index (χ4v) is 3.67. The van der Waals surface area contributed by atoms with E-state index in [-0.39, 0.29) is 6.10 Å². The van der Waals surface area contributed by atoms with Crippen molar-refractivity contribution in [3.8, 4) is 5.75 Å². The highest BCUT2D eigenvalue weighted by Gasteiger charge is 2.18. The molecular weight excluding hydrogens is 413 g/mol. The molecule has 2 aromatic carbocycles. The van der Waals surface area contributed by atoms with Crippen molar-refractivity contribution < 1.29 is 4.74 Å². The third-order valence-corrected chi connectivity index (χ3v) is 5.60. The van der Waals surface area contributed by atoms with Crippen LogP contribution in [0.3, 0.4) is 0 Å². The van der Waals surface area contributed by atoms with Gasteiger partial charge in [0.25, 0.3) is 0 Å². The number of benzene rings is 2. The van der Waals surface area contributed by atoms with Crippen LogP contribution in [0.15, 0.2) is 47.6 Å². The lowest BCUT2D eigenvalue weighted by atomic mass is 10.2. The van der Waals surface area contributed by atoms with E-state index in [0.29, 0.717) is 21.6 Å². The molecule has 0 saturated heterocycles. The Morgan fingerprint density at radius 3 is 2.46 bits per heavy atom. The van der Waals surface area contributed by atoms with Gasteiger partial charge in [0.2, 0.25) is 0 Å². The first kappa shape index (κ1) is 19.4. The third kappa shape index (κ3) is 4.65. The number of nitrogens with zero attached hydrogens (tertiary/aromatic N) is 3. The molecule has 0 aliphatic rings. The molecule has 1 aromatic heterocycles. The average Bonchev–Trinajstić information content (AvgIpc) is 2.98. The zero-order valence-corrected chi connectivity index (χ0v) is 17.2. The topological polar surface area (TPSA) is 39.9 Å². The van der Waals surface area contributed by atoms with Crippen molar-refractivity contribution in [3.05, 3.63) is 68.9 Å². The number of ether oxygens (including phenoxy) is 1. The van der Waals surface area contributed by atoms with E-state index in [1.165, 1.54) is 5.56 Å². The van der Waals surface area contributed by atoms with E-state index in [1.54, 1.807) is 30.0 Å². The first-order chi connectivity index (χ1) is 12.4. The first-order valence-electron chi connectivity index (χ1n) is 7.82. The van der Waals surface area contributed by atoms with Gasteiger partial charge >= 0.3 is 0 Å². The molecule has 1 atom stereocenters. The molecular formula is C18H16Cl3N3OS. The van der Waals surface area contributed by atoms with Gasteiger partial charge in [-0.2, -0.15) is 0 Å². The van der Waals surface area contributed by atoms with Gasteiger partial charge in [0.15, 0.2) is 17.1 Å². The molecule has 0 amide bonds. The molecule has 0 aliphatic heterocycles. The van der Waals surface area contributed by atoms with Gasteiger partial charge in [0, 0.05) is 28.9 Å². The summed E-state index contributed by atoms with van der Waals surface area (Å²) in [6.07, 6.45) is -0.326. The van der Waals surface area contributed by atoms with Crippen LogP contribution in [0.2, 0.25) is 15.1 Å². The third-order valence-electron chi connectivity index (χ3n) is 3.71. The predicted molar refractivity (Wildman–Crippen MR) is 108 cm³/mol. The van der Waals surface area contributed by atoms with E-state index in [4.69, 9.17) is 39.5 Å². The van der Waals surface area contributed by atoms with Crippen LogP contribution in [0.1, 0.15) is 24.4 Å². The molecule has 1 heterocycles. The summed E-state index contributed by atoms with van der Waals surface area (Å²) < 4.78 is 7.84. The molecule has 3 aromatic rings. The highest BCUT2D eigenvalue weighted by molar-refractivity contribution is 7.98. The Hall–Kier alpha value is -1.40. The molecule has 0 bridgehead atoms. The SMILES string of the molecule is CC(Oc1cc(Cl)ccc1Cl)c1nnc(SCc2ccc(Cl)cc2)n1C. The maximum atomic E-state index is 6.16. The number of hydrogen-bond donors (Lipinski definition) is 0. The van der Waals surface area contributed by atoms with E-state index < -0.39 is 0 Å². The molecule has 0 saturated carbocycles. The molecule has 0 radical (unpaired) electrons. The minimum Gasteiger partial charge on any atom is -0.481 e. The fraction of sp³-hybridized carbons (Fsp3) is 0.222. The van der Waals surface area contributed by atoms with E-state index in [0.717, 1.165) is 15.9 Å². The van der Waals surface area contributed by atoms with Gasteiger partial charge in [-0.3, -0.25) is 0 Å². The summed E-state index contributed by atoms with van der Waals surface area (Å²) in [4.78, 5) is 0. The minimum atomic E-state index is -0.326. The van der Waals surface area contributed by atoms with E-state index in [2.05, 4.69) is 10.2 Å². The summed E-state index contributed by atoms with van der Waals surface area (Å²) in [5.74, 6) is 2.00. The zero-order valence-electron chi connectivity index (χ0n) is 14.1. The Kier molecular flexibility index (Phi) is 6.35. The Labute approximate surface area is 171 Å². The van der Waals surface area contributed by atoms with Crippen LogP contribution in [-0.4, -0.2) is 14.8 Å². The van der Waals surface area contributed by atoms with Gasteiger partial charge in [-0.1, -0.05) is 58.7 Å². The molecule has 0 spiro atoms. The Bertz CT molecular complexity index is 899. The standard InChI is InChI=1S/C18H16Cl3N3OS/c1-11(25-16-9-14(20)7-8-15(16)21)17-22-23-18(24(17)2)26-10-12-3-5-13(19)6-4-12/h3-9,11H,10H2,1-2H3. The average molecular weight is 429 g/mol. The van der Waals surface area contributed by atoms with Crippen LogP contribution < -0.4 is 4.74 Å². The smallest absolute Gasteiger partial charge is 0.191 e. The second-order valence-electron chi connectivity index (χ2n) is 5.65. The number of halogens is 3. The van der Waals surface area contributed by atoms with Gasteiger partial charge in [-0.05, 0) is 36.8 Å². The lowest BCUT2D eigenvalue weighted by molar-refractivity contribution is 0.211. The molecule has 0 aliphatic carbocycles. The van der Waals surface area contributed by atoms with Crippen LogP contribution in [0.25, 0.3) is 0 Å². The van der Waals surface area contributed by atoms with Crippen molar-refractivity contribution in [2.45, 2.75) is 23.9 Å². The van der Waals surface area contributed by atoms with Crippen molar-refractivity contribution in [1.82, 2.24) is 14.8 Å². The lowest BCUT2D eigenvalue weighted by Gasteiger charge is -2.15. The van der Waals surface area contributed by atoms with Crippen molar-refractivity contribution in [2.24, 2.45) is 7.05 Å². The highest BCUT2D eigenvalue weighted by atomic mass is 35.5. The van der Waals surface area contributed by atoms with Crippen LogP contribution in [0.5, 0.6) is 5.75 Å². The maximum Gasteiger partial charge on any atom is 0.191 e. The molecule has 8 heteroatoms. The number of rotatable bonds is 6. The predicted octanol–water partition coefficient (Wildman–Crippen LogP) is 6.21. The quantitative estimate of drug-likeness (QED) is 0.438. The molecule has 0 N–H and O–H groups in total. The van der Waals surface area contributed by atoms with Crippen molar-refractivity contribution in [1.29, 1.82) is 0 Å². The second kappa shape index (κ2) is 8.53. The number of thioether (sulfide) groups is 1. The summed E-state index contributed by atoms with van der Waals surface area (Å²) in [5, 5.41) is 11.1. The van der Waals surface area contributed by atoms with Crippen molar-refractivity contribution in [3.63, 3.8) is 0 Å². The van der Waals surface area contributed by atoms with Crippen LogP contribution in [0.4, 0.5) is 0 Å². The fourth-order valence-electron chi connectivity index (χ4n) is 2.35. The Morgan fingerprint density at radius 2 is 1.73 bits per heavy atom. The summed E-state index contributed by atoms with van der Waals surface area (Å²) in [6.45, 7) is 1.90. The van der Waals surface area contributed by atoms with Crippen LogP contribution >= 0.6 is 46.6 Å². The van der Waals surface area contributed by atoms with E-state index >= 15 is 0 Å². The molecule has 3 rings (SSSR count). The molecule has 1 unspecified atom stereocenters. The van der Waals surface area contributed by atoms with Crippen LogP contribution in [0, 0.1) is 0 Å². The Balaban J connectivity index is 1.69. The second-order valence-corrected chi connectivity index (χ2v) is 7.87. The van der Waals surface area contributed by atoms with E-state index in [1.807, 2.05) is 42.8 Å². The molecule has 136 valence electrons. The van der Waals surface area contributed by atoms with Crippen molar-refractivity contribution in [2.75, 3.05) is 0 Å². The zero-order chi connectivity index (χ0) is 18.7. The first-order valence-corrected chi connectivity index (χ1v) is 9.94. The Morgan fingerprint density at radius 1 is 1.04 bits per heavy atom. The lowest BCUT2D eigenvalue weighted by Crippen LogP contribution is -2.10. The molecule has 4 nitrogen and oxygen atoms in total. The summed E-state index contributed by atoms with van der Waals surface area (Å²) in [7, 11) is 1.92. The normalized spacial score (nSPS) is 12.2. The summed E-state index contributed by atoms with van der Waals surface area (Å²) in [5.41, 5.74) is 1.17. The number of hydrogen-bond acceptors (Lipinski definition) is 4. The minimum absolute atomic E-state index is 0.326. The largest absolute Gasteiger partial charge is 0.481 e. The van der Waals surface area contributed by atoms with Gasteiger partial charge in [0.05, 0.1) is 5.02 Å². The highest BCUT2D eigenvalue weighted by Crippen LogP contribution is 2.32. The van der Waals surface area contributed by atoms with Gasteiger partial charge in [0.1, 0.15) is 5.75 Å². The van der Waals surface area contributed by atoms with Gasteiger partial charge < -0.3 is 9.30 Å². The van der Waals surface area contributed by atoms with Crippen molar-refractivity contribution >= 4 is 46.6 Å². The molecule has 0 fully saturated rings. The maximum absolute atomic E-state index is 6.16. The van der Waals surface area contributed by atoms with Gasteiger partial charge in [-0.15, -0.1) is 10.2 Å². The van der Waals surface area contributed by atoms with Gasteiger partial charge in [-0.25, -0.2) is 0 Å². The summed E-state index contributed by atoms with van der Waals surface area (Å²) >= 11 is 19.7. The van der Waals surface area contributed by atoms with Crippen LogP contribution in [-0.2, 0) is 12.8 Å². The summed E-state index contributed by atoms with van der Waals surface area (Å²) in [6, 6.07) is 12.9.